The van der Waals surface area contributed by atoms with Crippen LogP contribution in [0.2, 0.25) is 0 Å². The molecule has 35 heavy (non-hydrogen) atoms. The van der Waals surface area contributed by atoms with Crippen LogP contribution in [0, 0.1) is 5.41 Å². The van der Waals surface area contributed by atoms with E-state index in [1.165, 1.54) is 30.5 Å². The number of hydrogen-bond acceptors (Lipinski definition) is 5. The van der Waals surface area contributed by atoms with Gasteiger partial charge in [-0.3, -0.25) is 4.68 Å². The van der Waals surface area contributed by atoms with Gasteiger partial charge in [0.1, 0.15) is 0 Å². The molecule has 3 aliphatic rings. The van der Waals surface area contributed by atoms with Gasteiger partial charge >= 0.3 is 0 Å². The molecule has 0 radical (unpaired) electrons. The Morgan fingerprint density at radius 2 is 1.63 bits per heavy atom. The number of rotatable bonds is 5. The van der Waals surface area contributed by atoms with Gasteiger partial charge in [-0.05, 0) is 62.1 Å². The molecule has 0 saturated heterocycles. The number of anilines is 1. The SMILES string of the molecule is Cn1nc(C(C)(C)C)cc1-c1cccc(NCC23CCC(c4noc(C(C)(C)C)n4)(CC2)CC3)c1. The summed E-state index contributed by atoms with van der Waals surface area (Å²) in [7, 11) is 2.04. The Morgan fingerprint density at radius 1 is 0.943 bits per heavy atom. The van der Waals surface area contributed by atoms with Gasteiger partial charge in [-0.25, -0.2) is 0 Å². The van der Waals surface area contributed by atoms with Gasteiger partial charge in [0.15, 0.2) is 5.82 Å². The third-order valence-corrected chi connectivity index (χ3v) is 8.42. The summed E-state index contributed by atoms with van der Waals surface area (Å²) < 4.78 is 7.66. The van der Waals surface area contributed by atoms with Crippen molar-refractivity contribution in [3.8, 4) is 11.3 Å². The van der Waals surface area contributed by atoms with Crippen LogP contribution < -0.4 is 5.32 Å². The van der Waals surface area contributed by atoms with E-state index in [4.69, 9.17) is 14.6 Å². The molecule has 1 N–H and O–H groups in total. The molecule has 0 amide bonds. The van der Waals surface area contributed by atoms with Crippen LogP contribution >= 0.6 is 0 Å². The van der Waals surface area contributed by atoms with Gasteiger partial charge in [-0.2, -0.15) is 10.1 Å². The maximum absolute atomic E-state index is 5.65. The fourth-order valence-corrected chi connectivity index (χ4v) is 5.79. The summed E-state index contributed by atoms with van der Waals surface area (Å²) in [4.78, 5) is 4.85. The summed E-state index contributed by atoms with van der Waals surface area (Å²) in [6.45, 7) is 14.0. The van der Waals surface area contributed by atoms with Crippen LogP contribution in [0.25, 0.3) is 11.3 Å². The number of nitrogens with one attached hydrogen (secondary N) is 1. The zero-order chi connectivity index (χ0) is 25.1. The molecule has 2 bridgehead atoms. The summed E-state index contributed by atoms with van der Waals surface area (Å²) in [5, 5.41) is 13.0. The monoisotopic (exact) mass is 475 g/mol. The third-order valence-electron chi connectivity index (χ3n) is 8.42. The first-order valence-electron chi connectivity index (χ1n) is 13.1. The normalized spacial score (nSPS) is 24.7. The molecule has 0 unspecified atom stereocenters. The standard InChI is InChI=1S/C29H41N5O/c1-26(2,3)23-18-22(34(7)32-23)20-9-8-10-21(17-20)30-19-28-11-14-29(15-12-28,16-13-28)24-31-25(35-33-24)27(4,5)6/h8-10,17-18,30H,11-16,19H2,1-7H3. The fraction of sp³-hybridized carbons (Fsp3) is 0.621. The van der Waals surface area contributed by atoms with Crippen LogP contribution in [0.15, 0.2) is 34.9 Å². The molecule has 3 saturated carbocycles. The van der Waals surface area contributed by atoms with Crippen LogP contribution in [0.5, 0.6) is 0 Å². The highest BCUT2D eigenvalue weighted by molar-refractivity contribution is 5.66. The molecule has 6 heteroatoms. The van der Waals surface area contributed by atoms with Gasteiger partial charge in [0.25, 0.3) is 0 Å². The van der Waals surface area contributed by atoms with E-state index in [9.17, 15) is 0 Å². The number of fused-ring (bicyclic) bond motifs is 3. The second kappa shape index (κ2) is 8.21. The van der Waals surface area contributed by atoms with Gasteiger partial charge in [0.05, 0.1) is 11.4 Å². The van der Waals surface area contributed by atoms with Gasteiger partial charge in [0, 0.05) is 41.1 Å². The lowest BCUT2D eigenvalue weighted by molar-refractivity contribution is 0.0445. The predicted molar refractivity (Wildman–Crippen MR) is 141 cm³/mol. The summed E-state index contributed by atoms with van der Waals surface area (Å²) in [6, 6.07) is 11.0. The molecule has 6 nitrogen and oxygen atoms in total. The highest BCUT2D eigenvalue weighted by Crippen LogP contribution is 2.57. The van der Waals surface area contributed by atoms with Crippen molar-refractivity contribution in [1.29, 1.82) is 0 Å². The van der Waals surface area contributed by atoms with Crippen molar-refractivity contribution < 1.29 is 4.52 Å². The zero-order valence-electron chi connectivity index (χ0n) is 22.5. The third kappa shape index (κ3) is 4.52. The zero-order valence-corrected chi connectivity index (χ0v) is 22.5. The number of benzene rings is 1. The van der Waals surface area contributed by atoms with E-state index in [1.54, 1.807) is 0 Å². The Labute approximate surface area is 209 Å². The molecular weight excluding hydrogens is 434 g/mol. The van der Waals surface area contributed by atoms with Crippen LogP contribution in [-0.2, 0) is 23.3 Å². The maximum Gasteiger partial charge on any atom is 0.232 e. The average Bonchev–Trinajstić information content (AvgIpc) is 3.47. The van der Waals surface area contributed by atoms with Crippen molar-refractivity contribution >= 4 is 5.69 Å². The lowest BCUT2D eigenvalue weighted by Crippen LogP contribution is -2.47. The number of aryl methyl sites for hydroxylation is 1. The molecule has 188 valence electrons. The molecule has 2 aromatic heterocycles. The average molecular weight is 476 g/mol. The van der Waals surface area contributed by atoms with E-state index in [-0.39, 0.29) is 16.2 Å². The fourth-order valence-electron chi connectivity index (χ4n) is 5.79. The highest BCUT2D eigenvalue weighted by atomic mass is 16.5. The van der Waals surface area contributed by atoms with E-state index in [1.807, 2.05) is 11.7 Å². The molecule has 0 atom stereocenters. The maximum atomic E-state index is 5.65. The van der Waals surface area contributed by atoms with E-state index in [0.29, 0.717) is 5.41 Å². The van der Waals surface area contributed by atoms with E-state index in [2.05, 4.69) is 82.3 Å². The first-order valence-corrected chi connectivity index (χ1v) is 13.1. The Kier molecular flexibility index (Phi) is 5.65. The van der Waals surface area contributed by atoms with Gasteiger partial charge < -0.3 is 9.84 Å². The number of aromatic nitrogens is 4. The summed E-state index contributed by atoms with van der Waals surface area (Å²) in [5.74, 6) is 1.70. The largest absolute Gasteiger partial charge is 0.384 e. The molecule has 0 aliphatic heterocycles. The quantitative estimate of drug-likeness (QED) is 0.441. The lowest BCUT2D eigenvalue weighted by atomic mass is 9.53. The van der Waals surface area contributed by atoms with Gasteiger partial charge in [-0.15, -0.1) is 0 Å². The molecule has 3 aromatic rings. The molecular formula is C29H41N5O. The summed E-state index contributed by atoms with van der Waals surface area (Å²) in [6.07, 6.45) is 7.12. The topological polar surface area (TPSA) is 68.8 Å². The summed E-state index contributed by atoms with van der Waals surface area (Å²) in [5.41, 5.74) is 5.08. The van der Waals surface area contributed by atoms with Crippen LogP contribution in [0.3, 0.4) is 0 Å². The minimum absolute atomic E-state index is 0.0397. The highest BCUT2D eigenvalue weighted by Gasteiger charge is 2.51. The van der Waals surface area contributed by atoms with E-state index < -0.39 is 0 Å². The molecule has 6 rings (SSSR count). The van der Waals surface area contributed by atoms with Crippen LogP contribution in [-0.4, -0.2) is 26.5 Å². The van der Waals surface area contributed by atoms with Crippen molar-refractivity contribution in [1.82, 2.24) is 19.9 Å². The minimum atomic E-state index is -0.1000. The van der Waals surface area contributed by atoms with Gasteiger partial charge in [-0.1, -0.05) is 58.8 Å². The van der Waals surface area contributed by atoms with Crippen molar-refractivity contribution in [3.63, 3.8) is 0 Å². The number of nitrogens with zero attached hydrogens (tertiary/aromatic N) is 4. The predicted octanol–water partition coefficient (Wildman–Crippen LogP) is 6.77. The molecule has 2 heterocycles. The second-order valence-corrected chi connectivity index (χ2v) is 13.2. The minimum Gasteiger partial charge on any atom is -0.384 e. The summed E-state index contributed by atoms with van der Waals surface area (Å²) >= 11 is 0. The van der Waals surface area contributed by atoms with Crippen molar-refractivity contribution in [2.75, 3.05) is 11.9 Å². The molecule has 3 aliphatic carbocycles. The second-order valence-electron chi connectivity index (χ2n) is 13.2. The Bertz CT molecular complexity index is 1180. The Morgan fingerprint density at radius 3 is 2.20 bits per heavy atom. The first-order chi connectivity index (χ1) is 16.4. The smallest absolute Gasteiger partial charge is 0.232 e. The van der Waals surface area contributed by atoms with E-state index >= 15 is 0 Å². The lowest BCUT2D eigenvalue weighted by Gasteiger charge is -2.52. The molecule has 1 aromatic carbocycles. The first kappa shape index (κ1) is 24.1. The van der Waals surface area contributed by atoms with Crippen LogP contribution in [0.4, 0.5) is 5.69 Å². The van der Waals surface area contributed by atoms with E-state index in [0.717, 1.165) is 48.9 Å². The van der Waals surface area contributed by atoms with Crippen molar-refractivity contribution in [2.24, 2.45) is 12.5 Å². The Balaban J connectivity index is 1.26. The van der Waals surface area contributed by atoms with Crippen molar-refractivity contribution in [3.05, 3.63) is 47.7 Å². The van der Waals surface area contributed by atoms with Crippen LogP contribution in [0.1, 0.15) is 97.5 Å². The van der Waals surface area contributed by atoms with Crippen molar-refractivity contribution in [2.45, 2.75) is 96.3 Å². The Hall–Kier alpha value is -2.63. The molecule has 0 spiro atoms. The molecule has 3 fully saturated rings. The van der Waals surface area contributed by atoms with Gasteiger partial charge in [0.2, 0.25) is 5.89 Å². The number of hydrogen-bond donors (Lipinski definition) is 1.